The Labute approximate surface area is 209 Å². The van der Waals surface area contributed by atoms with Crippen molar-refractivity contribution < 1.29 is 31.5 Å². The van der Waals surface area contributed by atoms with Crippen LogP contribution in [0.4, 0.5) is 27.8 Å². The van der Waals surface area contributed by atoms with Crippen molar-refractivity contribution in [1.29, 1.82) is 0 Å². The fourth-order valence-electron chi connectivity index (χ4n) is 3.52. The first-order valence-corrected chi connectivity index (χ1v) is 12.3. The van der Waals surface area contributed by atoms with Crippen LogP contribution >= 0.6 is 11.3 Å². The summed E-state index contributed by atoms with van der Waals surface area (Å²) in [5, 5.41) is 3.41. The van der Waals surface area contributed by atoms with Crippen LogP contribution < -0.4 is 10.1 Å². The molecule has 0 radical (unpaired) electrons. The zero-order valence-corrected chi connectivity index (χ0v) is 20.7. The monoisotopic (exact) mass is 527 g/mol. The van der Waals surface area contributed by atoms with Crippen molar-refractivity contribution in [1.82, 2.24) is 9.88 Å². The van der Waals surface area contributed by atoms with Gasteiger partial charge in [-0.1, -0.05) is 37.3 Å². The number of rotatable bonds is 12. The minimum absolute atomic E-state index is 0.117. The standard InChI is InChI=1S/C25H26F5N3O2S/c1-3-31-24-23(25(34)35-22-20(29)18(27)17(26)19(28)21(22)30)36-16(32-24)14-33(4-2)13-9-8-12-15-10-6-5-7-11-15/h5-7,10-11,31H,3-4,8-9,12-14H2,1-2H3. The number of esters is 1. The molecule has 0 saturated carbocycles. The molecule has 2 aromatic carbocycles. The summed E-state index contributed by atoms with van der Waals surface area (Å²) >= 11 is 0.934. The third kappa shape index (κ3) is 6.58. The maximum atomic E-state index is 14.0. The van der Waals surface area contributed by atoms with Gasteiger partial charge in [-0.2, -0.15) is 8.78 Å². The highest BCUT2D eigenvalue weighted by Crippen LogP contribution is 2.32. The second-order valence-electron chi connectivity index (χ2n) is 7.92. The maximum absolute atomic E-state index is 14.0. The number of anilines is 1. The lowest BCUT2D eigenvalue weighted by atomic mass is 10.1. The van der Waals surface area contributed by atoms with Crippen molar-refractivity contribution in [3.05, 3.63) is 74.9 Å². The van der Waals surface area contributed by atoms with Gasteiger partial charge in [0.15, 0.2) is 10.7 Å². The number of carbonyl (C=O) groups is 1. The predicted octanol–water partition coefficient (Wildman–Crippen LogP) is 6.33. The number of aromatic nitrogens is 1. The molecule has 0 aliphatic rings. The topological polar surface area (TPSA) is 54.5 Å². The van der Waals surface area contributed by atoms with Gasteiger partial charge in [-0.3, -0.25) is 4.90 Å². The van der Waals surface area contributed by atoms with Gasteiger partial charge in [0, 0.05) is 6.54 Å². The van der Waals surface area contributed by atoms with Crippen LogP contribution in [0.3, 0.4) is 0 Å². The van der Waals surface area contributed by atoms with Crippen molar-refractivity contribution in [2.75, 3.05) is 25.0 Å². The zero-order chi connectivity index (χ0) is 26.2. The smallest absolute Gasteiger partial charge is 0.357 e. The average Bonchev–Trinajstić information content (AvgIpc) is 3.29. The van der Waals surface area contributed by atoms with Crippen molar-refractivity contribution in [2.45, 2.75) is 39.7 Å². The molecule has 36 heavy (non-hydrogen) atoms. The highest BCUT2D eigenvalue weighted by molar-refractivity contribution is 7.14. The number of halogens is 5. The molecule has 0 aliphatic carbocycles. The molecule has 194 valence electrons. The lowest BCUT2D eigenvalue weighted by Crippen LogP contribution is -2.24. The van der Waals surface area contributed by atoms with Crippen LogP contribution in [0.5, 0.6) is 5.75 Å². The molecule has 0 aliphatic heterocycles. The van der Waals surface area contributed by atoms with Crippen molar-refractivity contribution in [3.8, 4) is 5.75 Å². The van der Waals surface area contributed by atoms with Crippen molar-refractivity contribution in [2.24, 2.45) is 0 Å². The lowest BCUT2D eigenvalue weighted by molar-refractivity contribution is 0.0722. The SMILES string of the molecule is CCNc1nc(CN(CC)CCCCc2ccccc2)sc1C(=O)Oc1c(F)c(F)c(F)c(F)c1F. The van der Waals surface area contributed by atoms with E-state index in [1.807, 2.05) is 25.1 Å². The second-order valence-corrected chi connectivity index (χ2v) is 9.00. The Hall–Kier alpha value is -3.05. The summed E-state index contributed by atoms with van der Waals surface area (Å²) in [6, 6.07) is 10.2. The molecule has 1 aromatic heterocycles. The van der Waals surface area contributed by atoms with Crippen LogP contribution in [0.15, 0.2) is 30.3 Å². The summed E-state index contributed by atoms with van der Waals surface area (Å²) in [7, 11) is 0. The molecule has 0 spiro atoms. The summed E-state index contributed by atoms with van der Waals surface area (Å²) in [5.74, 6) is -14.0. The number of nitrogens with one attached hydrogen (secondary N) is 1. The van der Waals surface area contributed by atoms with Gasteiger partial charge in [0.2, 0.25) is 34.8 Å². The highest BCUT2D eigenvalue weighted by atomic mass is 32.1. The first-order chi connectivity index (χ1) is 17.3. The molecule has 5 nitrogen and oxygen atoms in total. The van der Waals surface area contributed by atoms with Crippen molar-refractivity contribution in [3.63, 3.8) is 0 Å². The quantitative estimate of drug-likeness (QED) is 0.0745. The number of unbranched alkanes of at least 4 members (excludes halogenated alkanes) is 1. The van der Waals surface area contributed by atoms with Gasteiger partial charge >= 0.3 is 5.97 Å². The van der Waals surface area contributed by atoms with E-state index in [9.17, 15) is 26.7 Å². The van der Waals surface area contributed by atoms with Crippen LogP contribution in [-0.2, 0) is 13.0 Å². The Balaban J connectivity index is 1.69. The van der Waals surface area contributed by atoms with Crippen LogP contribution in [0.2, 0.25) is 0 Å². The fraction of sp³-hybridized carbons (Fsp3) is 0.360. The first kappa shape index (κ1) is 27.5. The minimum Gasteiger partial charge on any atom is -0.416 e. The fourth-order valence-corrected chi connectivity index (χ4v) is 4.48. The summed E-state index contributed by atoms with van der Waals surface area (Å²) in [5.41, 5.74) is 1.27. The number of hydrogen-bond acceptors (Lipinski definition) is 6. The van der Waals surface area contributed by atoms with E-state index in [1.165, 1.54) is 5.56 Å². The molecule has 11 heteroatoms. The van der Waals surface area contributed by atoms with E-state index >= 15 is 0 Å². The molecule has 3 rings (SSSR count). The third-order valence-electron chi connectivity index (χ3n) is 5.40. The Morgan fingerprint density at radius 2 is 1.61 bits per heavy atom. The second kappa shape index (κ2) is 12.8. The molecule has 0 amide bonds. The first-order valence-electron chi connectivity index (χ1n) is 11.5. The highest BCUT2D eigenvalue weighted by Gasteiger charge is 2.30. The zero-order valence-electron chi connectivity index (χ0n) is 19.8. The van der Waals surface area contributed by atoms with Gasteiger partial charge in [0.1, 0.15) is 5.01 Å². The van der Waals surface area contributed by atoms with E-state index in [1.54, 1.807) is 6.92 Å². The maximum Gasteiger partial charge on any atom is 0.357 e. The van der Waals surface area contributed by atoms with Crippen LogP contribution in [0, 0.1) is 29.1 Å². The van der Waals surface area contributed by atoms with Crippen LogP contribution in [0.1, 0.15) is 46.9 Å². The van der Waals surface area contributed by atoms with E-state index in [0.717, 1.165) is 43.7 Å². The number of nitrogens with zero attached hydrogens (tertiary/aromatic N) is 2. The summed E-state index contributed by atoms with van der Waals surface area (Å²) < 4.78 is 72.8. The van der Waals surface area contributed by atoms with Gasteiger partial charge in [0.25, 0.3) is 0 Å². The van der Waals surface area contributed by atoms with E-state index in [4.69, 9.17) is 0 Å². The molecule has 0 unspecified atom stereocenters. The minimum atomic E-state index is -2.33. The molecule has 0 bridgehead atoms. The van der Waals surface area contributed by atoms with Gasteiger partial charge in [-0.25, -0.2) is 22.9 Å². The molecule has 0 fully saturated rings. The molecule has 0 saturated heterocycles. The summed E-state index contributed by atoms with van der Waals surface area (Å²) in [6.45, 7) is 6.07. The average molecular weight is 528 g/mol. The molecule has 3 aromatic rings. The van der Waals surface area contributed by atoms with Crippen LogP contribution in [-0.4, -0.2) is 35.5 Å². The lowest BCUT2D eigenvalue weighted by Gasteiger charge is -2.18. The molecule has 0 atom stereocenters. The summed E-state index contributed by atoms with van der Waals surface area (Å²) in [6.07, 6.45) is 2.91. The number of ether oxygens (including phenoxy) is 1. The Kier molecular flexibility index (Phi) is 9.77. The predicted molar refractivity (Wildman–Crippen MR) is 128 cm³/mol. The van der Waals surface area contributed by atoms with Gasteiger partial charge in [-0.05, 0) is 44.8 Å². The number of thiazole rings is 1. The number of hydrogen-bond donors (Lipinski definition) is 1. The molecule has 1 N–H and O–H groups in total. The van der Waals surface area contributed by atoms with E-state index in [0.29, 0.717) is 18.1 Å². The van der Waals surface area contributed by atoms with Gasteiger partial charge in [0.05, 0.1) is 6.54 Å². The van der Waals surface area contributed by atoms with Gasteiger partial charge < -0.3 is 10.1 Å². The van der Waals surface area contributed by atoms with E-state index in [2.05, 4.69) is 32.1 Å². The van der Waals surface area contributed by atoms with Crippen molar-refractivity contribution >= 4 is 23.1 Å². The number of carbonyl (C=O) groups excluding carboxylic acids is 1. The molecular formula is C25H26F5N3O2S. The number of aryl methyl sites for hydroxylation is 1. The normalized spacial score (nSPS) is 11.2. The Morgan fingerprint density at radius 3 is 2.22 bits per heavy atom. The molecule has 1 heterocycles. The third-order valence-corrected chi connectivity index (χ3v) is 6.42. The number of benzene rings is 2. The Morgan fingerprint density at radius 1 is 0.972 bits per heavy atom. The largest absolute Gasteiger partial charge is 0.416 e. The summed E-state index contributed by atoms with van der Waals surface area (Å²) in [4.78, 5) is 19.1. The molecular weight excluding hydrogens is 501 g/mol. The van der Waals surface area contributed by atoms with E-state index < -0.39 is 40.8 Å². The van der Waals surface area contributed by atoms with Crippen LogP contribution in [0.25, 0.3) is 0 Å². The van der Waals surface area contributed by atoms with Gasteiger partial charge in [-0.15, -0.1) is 11.3 Å². The Bertz CT molecular complexity index is 1160. The van der Waals surface area contributed by atoms with E-state index in [-0.39, 0.29) is 10.7 Å².